The van der Waals surface area contributed by atoms with Crippen molar-refractivity contribution in [3.05, 3.63) is 0 Å². The monoisotopic (exact) mass is 303 g/mol. The average molecular weight is 303 g/mol. The molecule has 0 bridgehead atoms. The Balaban J connectivity index is 2.29. The molecule has 0 saturated carbocycles. The van der Waals surface area contributed by atoms with E-state index < -0.39 is 36.1 Å². The minimum absolute atomic E-state index is 0.279. The second kappa shape index (κ2) is 3.89. The van der Waals surface area contributed by atoms with Crippen LogP contribution in [0.5, 0.6) is 0 Å². The Labute approximate surface area is 87.3 Å². The number of epoxide rings is 1. The fourth-order valence-electron chi connectivity index (χ4n) is 0.842. The first-order valence-electron chi connectivity index (χ1n) is 3.86. The van der Waals surface area contributed by atoms with Crippen LogP contribution in [0.2, 0.25) is 0 Å². The topological polar surface area (TPSA) is 58.8 Å². The van der Waals surface area contributed by atoms with Crippen LogP contribution in [0, 0.1) is 0 Å². The van der Waals surface area contributed by atoms with E-state index in [0.717, 1.165) is 0 Å². The maximum atomic E-state index is 13.5. The van der Waals surface area contributed by atoms with Gasteiger partial charge in [0.1, 0.15) is 6.10 Å². The highest BCUT2D eigenvalue weighted by Gasteiger charge is 2.41. The molecule has 5 nitrogen and oxygen atoms in total. The van der Waals surface area contributed by atoms with Crippen molar-refractivity contribution in [1.82, 2.24) is 0 Å². The Morgan fingerprint density at radius 1 is 1.06 bits per heavy atom. The zero-order valence-corrected chi connectivity index (χ0v) is 10.1. The lowest BCUT2D eigenvalue weighted by molar-refractivity contribution is 0.268. The maximum Gasteiger partial charge on any atom is 0.425 e. The molecule has 2 rings (SSSR count). The summed E-state index contributed by atoms with van der Waals surface area (Å²) in [6.45, 7) is -0.126. The van der Waals surface area contributed by atoms with Crippen LogP contribution in [-0.4, -0.2) is 19.3 Å². The van der Waals surface area contributed by atoms with Crippen LogP contribution < -0.4 is 0 Å². The predicted octanol–water partition coefficient (Wildman–Crippen LogP) is 5.10. The van der Waals surface area contributed by atoms with Crippen molar-refractivity contribution < 1.29 is 30.2 Å². The fraction of sp³-hybridized carbons (Fsp3) is 1.00. The van der Waals surface area contributed by atoms with E-state index >= 15 is 0 Å². The molecule has 1 fully saturated rings. The molecule has 2 atom stereocenters. The van der Waals surface area contributed by atoms with Gasteiger partial charge in [0.25, 0.3) is 0 Å². The smallest absolute Gasteiger partial charge is 0.371 e. The Hall–Kier alpha value is 0.260. The van der Waals surface area contributed by atoms with Gasteiger partial charge in [-0.25, -0.2) is 0 Å². The zero-order valence-electron chi connectivity index (χ0n) is 7.38. The molecule has 16 heavy (non-hydrogen) atoms. The van der Waals surface area contributed by atoms with Gasteiger partial charge in [-0.2, -0.15) is 4.20 Å². The predicted molar refractivity (Wildman–Crippen MR) is 49.3 cm³/mol. The quantitative estimate of drug-likeness (QED) is 0.413. The molecule has 94 valence electrons. The van der Waals surface area contributed by atoms with Crippen LogP contribution in [0.4, 0.5) is 21.0 Å². The SMILES string of the molecule is FP1(F)=NP(F)(F)=NP(F)(OCC2CO2)=N1. The molecule has 2 aliphatic rings. The normalized spacial score (nSPS) is 39.2. The molecule has 0 amide bonds. The van der Waals surface area contributed by atoms with Gasteiger partial charge in [-0.05, 0) is 0 Å². The summed E-state index contributed by atoms with van der Waals surface area (Å²) in [6.07, 6.45) is -0.448. The summed E-state index contributed by atoms with van der Waals surface area (Å²) < 4.78 is 79.6. The Morgan fingerprint density at radius 2 is 1.62 bits per heavy atom. The molecule has 0 N–H and O–H groups in total. The van der Waals surface area contributed by atoms with Crippen LogP contribution in [0.15, 0.2) is 13.5 Å². The van der Waals surface area contributed by atoms with E-state index in [1.54, 1.807) is 0 Å². The second-order valence-electron chi connectivity index (χ2n) is 2.90. The highest BCUT2D eigenvalue weighted by atomic mass is 31.3. The minimum atomic E-state index is -5.66. The number of nitrogens with zero attached hydrogens (tertiary/aromatic N) is 3. The third-order valence-corrected chi connectivity index (χ3v) is 7.16. The average Bonchev–Trinajstić information content (AvgIpc) is 2.75. The first-order chi connectivity index (χ1) is 7.20. The van der Waals surface area contributed by atoms with Gasteiger partial charge in [0.15, 0.2) is 0 Å². The van der Waals surface area contributed by atoms with Gasteiger partial charge in [-0.1, -0.05) is 0 Å². The molecule has 0 aromatic heterocycles. The van der Waals surface area contributed by atoms with Crippen LogP contribution in [0.25, 0.3) is 0 Å². The van der Waals surface area contributed by atoms with Crippen LogP contribution in [0.1, 0.15) is 0 Å². The van der Waals surface area contributed by atoms with Crippen molar-refractivity contribution in [2.45, 2.75) is 6.10 Å². The molecule has 0 radical (unpaired) electrons. The summed E-state index contributed by atoms with van der Waals surface area (Å²) in [5, 5.41) is 0. The number of halogens is 5. The van der Waals surface area contributed by atoms with Crippen molar-refractivity contribution in [3.63, 3.8) is 0 Å². The van der Waals surface area contributed by atoms with Crippen molar-refractivity contribution in [2.75, 3.05) is 13.2 Å². The molecule has 2 heterocycles. The highest BCUT2D eigenvalue weighted by molar-refractivity contribution is 7.77. The molecular formula is C3H5F5N3O2P3. The van der Waals surface area contributed by atoms with Crippen molar-refractivity contribution in [3.8, 4) is 0 Å². The number of hydrogen-bond acceptors (Lipinski definition) is 5. The standard InChI is InChI=1S/C3H5F5N3O2P3/c4-14(5)9-15(6,7)11-16(8,10-14)13-2-3-1-12-3/h3H,1-2H2. The lowest BCUT2D eigenvalue weighted by atomic mass is 10.5. The number of ether oxygens (including phenoxy) is 1. The fourth-order valence-corrected chi connectivity index (χ4v) is 6.17. The lowest BCUT2D eigenvalue weighted by Gasteiger charge is -2.15. The summed E-state index contributed by atoms with van der Waals surface area (Å²) in [7, 11) is -16.3. The largest absolute Gasteiger partial charge is 0.425 e. The lowest BCUT2D eigenvalue weighted by Crippen LogP contribution is -1.97. The molecule has 0 aliphatic carbocycles. The summed E-state index contributed by atoms with van der Waals surface area (Å²) in [4.78, 5) is 0. The van der Waals surface area contributed by atoms with E-state index in [0.29, 0.717) is 0 Å². The minimum Gasteiger partial charge on any atom is -0.371 e. The third-order valence-electron chi connectivity index (χ3n) is 1.48. The Bertz CT molecular complexity index is 455. The van der Waals surface area contributed by atoms with E-state index in [9.17, 15) is 21.0 Å². The summed E-state index contributed by atoms with van der Waals surface area (Å²) >= 11 is 0. The first-order valence-corrected chi connectivity index (χ1v) is 8.31. The Morgan fingerprint density at radius 3 is 2.12 bits per heavy atom. The number of hydrogen-bond donors (Lipinski definition) is 0. The van der Waals surface area contributed by atoms with Gasteiger partial charge in [0.2, 0.25) is 0 Å². The van der Waals surface area contributed by atoms with Crippen LogP contribution in [0.3, 0.4) is 0 Å². The first kappa shape index (κ1) is 12.7. The number of rotatable bonds is 3. The van der Waals surface area contributed by atoms with Crippen molar-refractivity contribution >= 4 is 23.4 Å². The van der Waals surface area contributed by atoms with Crippen LogP contribution >= 0.6 is 23.4 Å². The molecule has 0 spiro atoms. The molecule has 0 aromatic rings. The zero-order chi connectivity index (χ0) is 12.0. The molecule has 2 aliphatic heterocycles. The summed E-state index contributed by atoms with van der Waals surface area (Å²) in [6, 6.07) is 0. The van der Waals surface area contributed by atoms with E-state index in [-0.39, 0.29) is 6.61 Å². The van der Waals surface area contributed by atoms with E-state index in [4.69, 9.17) is 0 Å². The molecule has 2 unspecified atom stereocenters. The summed E-state index contributed by atoms with van der Waals surface area (Å²) in [5.41, 5.74) is 0. The molecule has 13 heteroatoms. The van der Waals surface area contributed by atoms with Gasteiger partial charge >= 0.3 is 23.4 Å². The Kier molecular flexibility index (Phi) is 3.09. The molecule has 0 aromatic carbocycles. The van der Waals surface area contributed by atoms with Gasteiger partial charge in [-0.15, -0.1) is 30.3 Å². The van der Waals surface area contributed by atoms with E-state index in [1.165, 1.54) is 0 Å². The molecular weight excluding hydrogens is 298 g/mol. The van der Waals surface area contributed by atoms with Crippen molar-refractivity contribution in [1.29, 1.82) is 0 Å². The maximum absolute atomic E-state index is 13.5. The van der Waals surface area contributed by atoms with Gasteiger partial charge in [0.05, 0.1) is 13.2 Å². The molecule has 1 saturated heterocycles. The van der Waals surface area contributed by atoms with Gasteiger partial charge in [0, 0.05) is 0 Å². The van der Waals surface area contributed by atoms with E-state index in [2.05, 4.69) is 18.3 Å². The third kappa shape index (κ3) is 3.37. The van der Waals surface area contributed by atoms with E-state index in [1.807, 2.05) is 4.52 Å². The van der Waals surface area contributed by atoms with Crippen molar-refractivity contribution in [2.24, 2.45) is 13.5 Å². The highest BCUT2D eigenvalue weighted by Crippen LogP contribution is 2.81. The van der Waals surface area contributed by atoms with Crippen LogP contribution in [-0.2, 0) is 9.26 Å². The summed E-state index contributed by atoms with van der Waals surface area (Å²) in [5.74, 6) is 0. The van der Waals surface area contributed by atoms with Gasteiger partial charge in [-0.3, -0.25) is 0 Å². The van der Waals surface area contributed by atoms with Gasteiger partial charge < -0.3 is 9.26 Å². The second-order valence-corrected chi connectivity index (χ2v) is 8.08.